The van der Waals surface area contributed by atoms with Gasteiger partial charge in [-0.1, -0.05) is 11.6 Å². The number of hydrogen-bond acceptors (Lipinski definition) is 8. The van der Waals surface area contributed by atoms with Gasteiger partial charge in [-0.2, -0.15) is 5.21 Å². The van der Waals surface area contributed by atoms with E-state index in [-0.39, 0.29) is 0 Å². The Morgan fingerprint density at radius 1 is 1.05 bits per heavy atom. The van der Waals surface area contributed by atoms with Crippen molar-refractivity contribution >= 4 is 22.6 Å². The molecule has 1 N–H and O–H groups in total. The lowest BCUT2D eigenvalue weighted by Gasteiger charge is -2.02. The van der Waals surface area contributed by atoms with E-state index in [9.17, 15) is 0 Å². The quantitative estimate of drug-likeness (QED) is 0.591. The average molecular weight is 301 g/mol. The minimum atomic E-state index is 0.383. The summed E-state index contributed by atoms with van der Waals surface area (Å²) < 4.78 is 4.67. The molecule has 3 aromatic heterocycles. The van der Waals surface area contributed by atoms with Crippen molar-refractivity contribution < 1.29 is 4.63 Å². The van der Waals surface area contributed by atoms with Crippen molar-refractivity contribution in [3.8, 4) is 22.8 Å². The van der Waals surface area contributed by atoms with Gasteiger partial charge in [0, 0.05) is 5.56 Å². The van der Waals surface area contributed by atoms with Crippen molar-refractivity contribution in [3.63, 3.8) is 0 Å². The second kappa shape index (κ2) is 4.56. The molecule has 0 unspecified atom stereocenters. The summed E-state index contributed by atoms with van der Waals surface area (Å²) in [6.07, 6.45) is 1.42. The van der Waals surface area contributed by atoms with Crippen molar-refractivity contribution in [2.24, 2.45) is 0 Å². The monoisotopic (exact) mass is 300 g/mol. The highest BCUT2D eigenvalue weighted by Gasteiger charge is 2.12. The van der Waals surface area contributed by atoms with E-state index < -0.39 is 0 Å². The number of nitrogens with one attached hydrogen (secondary N) is 1. The number of rotatable bonds is 2. The van der Waals surface area contributed by atoms with E-state index >= 15 is 0 Å². The van der Waals surface area contributed by atoms with Crippen molar-refractivity contribution in [2.75, 3.05) is 0 Å². The molecule has 0 radical (unpaired) electrons. The summed E-state index contributed by atoms with van der Waals surface area (Å²) in [5.41, 5.74) is 3.01. The molecule has 102 valence electrons. The van der Waals surface area contributed by atoms with E-state index in [4.69, 9.17) is 11.6 Å². The third kappa shape index (κ3) is 1.99. The highest BCUT2D eigenvalue weighted by Crippen LogP contribution is 2.28. The molecular weight excluding hydrogens is 296 g/mol. The molecule has 0 aliphatic rings. The lowest BCUT2D eigenvalue weighted by atomic mass is 10.1. The number of nitrogens with zero attached hydrogens (tertiary/aromatic N) is 7. The molecule has 0 fully saturated rings. The maximum atomic E-state index is 6.15. The fraction of sp³-hybridized carbons (Fsp3) is 0. The SMILES string of the molecule is Clc1cc(-c2cc(-c3nn[nH]n3)ncn2)cc2nonc12. The smallest absolute Gasteiger partial charge is 0.223 e. The molecule has 1 aromatic carbocycles. The van der Waals surface area contributed by atoms with Crippen LogP contribution in [0.25, 0.3) is 33.8 Å². The third-order valence-electron chi connectivity index (χ3n) is 2.85. The van der Waals surface area contributed by atoms with Crippen molar-refractivity contribution in [1.29, 1.82) is 0 Å². The highest BCUT2D eigenvalue weighted by molar-refractivity contribution is 6.35. The largest absolute Gasteiger partial charge is 0.243 e. The summed E-state index contributed by atoms with van der Waals surface area (Å²) in [5, 5.41) is 21.6. The van der Waals surface area contributed by atoms with Gasteiger partial charge in [-0.15, -0.1) is 10.2 Å². The first kappa shape index (κ1) is 11.9. The molecule has 0 bridgehead atoms. The zero-order valence-electron chi connectivity index (χ0n) is 10.2. The second-order valence-corrected chi connectivity index (χ2v) is 4.52. The molecule has 21 heavy (non-hydrogen) atoms. The van der Waals surface area contributed by atoms with Gasteiger partial charge >= 0.3 is 0 Å². The van der Waals surface area contributed by atoms with E-state index in [1.807, 2.05) is 0 Å². The molecule has 0 aliphatic heterocycles. The Bertz CT molecular complexity index is 919. The van der Waals surface area contributed by atoms with Gasteiger partial charge in [0.15, 0.2) is 5.52 Å². The molecule has 0 aliphatic carbocycles. The molecule has 10 heteroatoms. The number of halogens is 1. The highest BCUT2D eigenvalue weighted by atomic mass is 35.5. The molecule has 4 aromatic rings. The van der Waals surface area contributed by atoms with Gasteiger partial charge in [0.2, 0.25) is 5.82 Å². The summed E-state index contributed by atoms with van der Waals surface area (Å²) in [6, 6.07) is 5.24. The van der Waals surface area contributed by atoms with Crippen LogP contribution in [0.2, 0.25) is 5.02 Å². The summed E-state index contributed by atoms with van der Waals surface area (Å²) >= 11 is 6.15. The maximum Gasteiger partial charge on any atom is 0.223 e. The van der Waals surface area contributed by atoms with Gasteiger partial charge in [0.05, 0.1) is 10.7 Å². The van der Waals surface area contributed by atoms with Gasteiger partial charge in [-0.3, -0.25) is 0 Å². The first-order valence-corrected chi connectivity index (χ1v) is 6.17. The molecule has 3 heterocycles. The summed E-state index contributed by atoms with van der Waals surface area (Å²) in [4.78, 5) is 8.32. The van der Waals surface area contributed by atoms with E-state index in [1.165, 1.54) is 6.33 Å². The predicted molar refractivity (Wildman–Crippen MR) is 71.0 cm³/mol. The van der Waals surface area contributed by atoms with Gasteiger partial charge in [0.1, 0.15) is 17.5 Å². The zero-order chi connectivity index (χ0) is 14.2. The molecule has 0 spiro atoms. The molecule has 9 nitrogen and oxygen atoms in total. The average Bonchev–Trinajstić information content (AvgIpc) is 3.19. The number of hydrogen-bond donors (Lipinski definition) is 1. The molecule has 0 saturated heterocycles. The number of H-pyrrole nitrogens is 1. The third-order valence-corrected chi connectivity index (χ3v) is 3.14. The lowest BCUT2D eigenvalue weighted by Crippen LogP contribution is -1.91. The van der Waals surface area contributed by atoms with Crippen LogP contribution in [-0.4, -0.2) is 40.9 Å². The standard InChI is InChI=1S/C11H5ClN8O/c12-6-1-5(2-8-10(6)18-21-17-8)7-3-9(14-4-13-7)11-15-19-20-16-11/h1-4H,(H,15,16,19,20). The van der Waals surface area contributed by atoms with Crippen molar-refractivity contribution in [1.82, 2.24) is 40.9 Å². The molecule has 0 amide bonds. The Morgan fingerprint density at radius 2 is 1.95 bits per heavy atom. The Hall–Kier alpha value is -2.94. The number of aromatic amines is 1. The predicted octanol–water partition coefficient (Wildman–Crippen LogP) is 1.51. The van der Waals surface area contributed by atoms with Crippen LogP contribution in [0.15, 0.2) is 29.2 Å². The molecule has 4 rings (SSSR count). The van der Waals surface area contributed by atoms with Gasteiger partial charge in [0.25, 0.3) is 0 Å². The summed E-state index contributed by atoms with van der Waals surface area (Å²) in [5.74, 6) is 0.383. The van der Waals surface area contributed by atoms with Gasteiger partial charge < -0.3 is 0 Å². The van der Waals surface area contributed by atoms with Crippen LogP contribution in [0.5, 0.6) is 0 Å². The maximum absolute atomic E-state index is 6.15. The van der Waals surface area contributed by atoms with Crippen molar-refractivity contribution in [2.45, 2.75) is 0 Å². The van der Waals surface area contributed by atoms with Gasteiger partial charge in [-0.05, 0) is 33.7 Å². The van der Waals surface area contributed by atoms with Crippen LogP contribution in [0.4, 0.5) is 0 Å². The minimum Gasteiger partial charge on any atom is -0.243 e. The van der Waals surface area contributed by atoms with Crippen LogP contribution >= 0.6 is 11.6 Å². The molecule has 0 atom stereocenters. The number of fused-ring (bicyclic) bond motifs is 1. The normalized spacial score (nSPS) is 11.1. The molecule has 0 saturated carbocycles. The Labute approximate surface area is 121 Å². The molecular formula is C11H5ClN8O. The topological polar surface area (TPSA) is 119 Å². The Morgan fingerprint density at radius 3 is 2.81 bits per heavy atom. The van der Waals surface area contributed by atoms with Crippen molar-refractivity contribution in [3.05, 3.63) is 29.5 Å². The van der Waals surface area contributed by atoms with E-state index in [0.717, 1.165) is 5.56 Å². The van der Waals surface area contributed by atoms with Crippen LogP contribution in [0.1, 0.15) is 0 Å². The Balaban J connectivity index is 1.86. The number of tetrazole rings is 1. The van der Waals surface area contributed by atoms with E-state index in [0.29, 0.717) is 33.3 Å². The fourth-order valence-corrected chi connectivity index (χ4v) is 2.15. The van der Waals surface area contributed by atoms with E-state index in [1.54, 1.807) is 18.2 Å². The summed E-state index contributed by atoms with van der Waals surface area (Å²) in [6.45, 7) is 0. The van der Waals surface area contributed by atoms with E-state index in [2.05, 4.69) is 45.5 Å². The van der Waals surface area contributed by atoms with Crippen LogP contribution in [0.3, 0.4) is 0 Å². The first-order chi connectivity index (χ1) is 10.3. The summed E-state index contributed by atoms with van der Waals surface area (Å²) in [7, 11) is 0. The Kier molecular flexibility index (Phi) is 2.57. The minimum absolute atomic E-state index is 0.383. The number of benzene rings is 1. The zero-order valence-corrected chi connectivity index (χ0v) is 11.0. The van der Waals surface area contributed by atoms with Crippen LogP contribution < -0.4 is 0 Å². The lowest BCUT2D eigenvalue weighted by molar-refractivity contribution is 0.315. The number of aromatic nitrogens is 8. The fourth-order valence-electron chi connectivity index (χ4n) is 1.91. The second-order valence-electron chi connectivity index (χ2n) is 4.11. The van der Waals surface area contributed by atoms with Crippen LogP contribution in [-0.2, 0) is 0 Å². The first-order valence-electron chi connectivity index (χ1n) is 5.79. The van der Waals surface area contributed by atoms with Crippen LogP contribution in [0, 0.1) is 0 Å². The van der Waals surface area contributed by atoms with Gasteiger partial charge in [-0.25, -0.2) is 14.6 Å².